The minimum atomic E-state index is -0.560. The molecule has 6 nitrogen and oxygen atoms in total. The molecule has 0 radical (unpaired) electrons. The summed E-state index contributed by atoms with van der Waals surface area (Å²) in [6.07, 6.45) is 0. The molecule has 2 aliphatic rings. The molecule has 0 spiro atoms. The highest BCUT2D eigenvalue weighted by molar-refractivity contribution is 7.12. The van der Waals surface area contributed by atoms with Crippen molar-refractivity contribution in [3.05, 3.63) is 75.5 Å². The predicted octanol–water partition coefficient (Wildman–Crippen LogP) is 4.46. The molecule has 1 aliphatic heterocycles. The molecule has 1 aromatic heterocycles. The maximum absolute atomic E-state index is 12.9. The number of ketones is 1. The lowest BCUT2D eigenvalue weighted by Crippen LogP contribution is -2.35. The lowest BCUT2D eigenvalue weighted by Gasteiger charge is -2.31. The lowest BCUT2D eigenvalue weighted by molar-refractivity contribution is -0.141. The largest absolute Gasteiger partial charge is 0.493 e. The molecule has 3 atom stereocenters. The lowest BCUT2D eigenvalue weighted by atomic mass is 9.69. The number of Topliss-reactive ketones (excluding diaryl/α,β-unsaturated/α-hetero) is 1. The average molecular weight is 451 g/mol. The van der Waals surface area contributed by atoms with Gasteiger partial charge in [0.05, 0.1) is 30.9 Å². The predicted molar refractivity (Wildman–Crippen MR) is 119 cm³/mol. The van der Waals surface area contributed by atoms with Crippen molar-refractivity contribution in [1.82, 2.24) is 0 Å². The summed E-state index contributed by atoms with van der Waals surface area (Å²) in [5, 5.41) is 1.90. The zero-order chi connectivity index (χ0) is 22.2. The van der Waals surface area contributed by atoms with Crippen molar-refractivity contribution in [3.8, 4) is 17.2 Å². The Labute approximate surface area is 189 Å². The summed E-state index contributed by atoms with van der Waals surface area (Å²) in [6.45, 7) is 0.485. The van der Waals surface area contributed by atoms with E-state index < -0.39 is 11.8 Å². The smallest absolute Gasteiger partial charge is 0.310 e. The number of ether oxygens (including phenoxy) is 4. The zero-order valence-electron chi connectivity index (χ0n) is 17.7. The fourth-order valence-electron chi connectivity index (χ4n) is 4.61. The SMILES string of the molecule is COc1cc([C@@H]2c3ccsc3C(=O)[C@H]3COC(=O)[C@@H]23)cc(OC)c1OCc1ccccc1. The van der Waals surface area contributed by atoms with Gasteiger partial charge in [-0.3, -0.25) is 9.59 Å². The Bertz CT molecular complexity index is 1140. The zero-order valence-corrected chi connectivity index (χ0v) is 18.5. The first-order chi connectivity index (χ1) is 15.6. The van der Waals surface area contributed by atoms with E-state index in [-0.39, 0.29) is 24.3 Å². The van der Waals surface area contributed by atoms with Crippen molar-refractivity contribution in [2.75, 3.05) is 20.8 Å². The topological polar surface area (TPSA) is 71.1 Å². The molecular formula is C25H22O6S. The van der Waals surface area contributed by atoms with Crippen LogP contribution in [0, 0.1) is 11.8 Å². The third-order valence-electron chi connectivity index (χ3n) is 6.13. The molecule has 1 saturated heterocycles. The van der Waals surface area contributed by atoms with Gasteiger partial charge in [-0.05, 0) is 40.3 Å². The molecule has 2 heterocycles. The van der Waals surface area contributed by atoms with Crippen LogP contribution < -0.4 is 14.2 Å². The normalized spacial score (nSPS) is 21.5. The summed E-state index contributed by atoms with van der Waals surface area (Å²) in [7, 11) is 3.14. The van der Waals surface area contributed by atoms with E-state index in [1.54, 1.807) is 14.2 Å². The van der Waals surface area contributed by atoms with E-state index in [4.69, 9.17) is 18.9 Å². The molecule has 0 unspecified atom stereocenters. The molecule has 164 valence electrons. The van der Waals surface area contributed by atoms with Crippen LogP contribution >= 0.6 is 11.3 Å². The van der Waals surface area contributed by atoms with Crippen molar-refractivity contribution in [2.24, 2.45) is 11.8 Å². The van der Waals surface area contributed by atoms with E-state index in [0.29, 0.717) is 28.7 Å². The highest BCUT2D eigenvalue weighted by Crippen LogP contribution is 2.51. The first kappa shape index (κ1) is 20.6. The number of benzene rings is 2. The summed E-state index contributed by atoms with van der Waals surface area (Å²) in [5.41, 5.74) is 2.69. The number of methoxy groups -OCH3 is 2. The summed E-state index contributed by atoms with van der Waals surface area (Å²) in [6, 6.07) is 15.5. The number of hydrogen-bond donors (Lipinski definition) is 0. The van der Waals surface area contributed by atoms with Crippen molar-refractivity contribution < 1.29 is 28.5 Å². The van der Waals surface area contributed by atoms with Crippen molar-refractivity contribution in [1.29, 1.82) is 0 Å². The number of cyclic esters (lactones) is 1. The van der Waals surface area contributed by atoms with Gasteiger partial charge >= 0.3 is 5.97 Å². The standard InChI is InChI=1S/C25H22O6S/c1-28-18-10-15(11-19(29-2)23(18)30-12-14-6-4-3-5-7-14)20-16-8-9-32-24(16)22(26)17-13-31-25(27)21(17)20/h3-11,17,20-21H,12-13H2,1-2H3/t17-,20+,21+/m0/s1. The Morgan fingerprint density at radius 3 is 2.44 bits per heavy atom. The number of thiophene rings is 1. The highest BCUT2D eigenvalue weighted by atomic mass is 32.1. The molecular weight excluding hydrogens is 428 g/mol. The Morgan fingerprint density at radius 2 is 1.75 bits per heavy atom. The van der Waals surface area contributed by atoms with Gasteiger partial charge in [0.25, 0.3) is 0 Å². The fraction of sp³-hybridized carbons (Fsp3) is 0.280. The Balaban J connectivity index is 1.57. The Morgan fingerprint density at radius 1 is 1.03 bits per heavy atom. The maximum atomic E-state index is 12.9. The number of hydrogen-bond acceptors (Lipinski definition) is 7. The van der Waals surface area contributed by atoms with Gasteiger partial charge in [-0.2, -0.15) is 0 Å². The third kappa shape index (κ3) is 3.33. The number of fused-ring (bicyclic) bond motifs is 2. The molecule has 1 aliphatic carbocycles. The molecule has 2 aromatic carbocycles. The van der Waals surface area contributed by atoms with Crippen LogP contribution in [0.4, 0.5) is 0 Å². The van der Waals surface area contributed by atoms with E-state index in [0.717, 1.165) is 16.7 Å². The van der Waals surface area contributed by atoms with Crippen LogP contribution in [0.2, 0.25) is 0 Å². The van der Waals surface area contributed by atoms with Gasteiger partial charge in [0.2, 0.25) is 5.75 Å². The molecule has 5 rings (SSSR count). The summed E-state index contributed by atoms with van der Waals surface area (Å²) < 4.78 is 22.7. The summed E-state index contributed by atoms with van der Waals surface area (Å²) in [5.74, 6) is -0.194. The van der Waals surface area contributed by atoms with Crippen LogP contribution in [0.5, 0.6) is 17.2 Å². The fourth-order valence-corrected chi connectivity index (χ4v) is 5.56. The van der Waals surface area contributed by atoms with Crippen LogP contribution in [0.3, 0.4) is 0 Å². The van der Waals surface area contributed by atoms with E-state index >= 15 is 0 Å². The van der Waals surface area contributed by atoms with Gasteiger partial charge in [-0.1, -0.05) is 30.3 Å². The van der Waals surface area contributed by atoms with Gasteiger partial charge in [-0.15, -0.1) is 11.3 Å². The molecule has 0 bridgehead atoms. The van der Waals surface area contributed by atoms with Gasteiger partial charge in [0, 0.05) is 5.92 Å². The molecule has 0 saturated carbocycles. The average Bonchev–Trinajstić information content (AvgIpc) is 3.46. The number of rotatable bonds is 6. The second-order valence-corrected chi connectivity index (χ2v) is 8.75. The van der Waals surface area contributed by atoms with Crippen LogP contribution in [-0.4, -0.2) is 32.6 Å². The second-order valence-electron chi connectivity index (χ2n) is 7.84. The molecule has 7 heteroatoms. The molecule has 32 heavy (non-hydrogen) atoms. The first-order valence-electron chi connectivity index (χ1n) is 10.3. The van der Waals surface area contributed by atoms with Gasteiger partial charge in [0.1, 0.15) is 13.2 Å². The Kier molecular flexibility index (Phi) is 5.35. The van der Waals surface area contributed by atoms with E-state index in [2.05, 4.69) is 0 Å². The number of esters is 1. The molecule has 0 amide bonds. The van der Waals surface area contributed by atoms with Crippen molar-refractivity contribution in [3.63, 3.8) is 0 Å². The number of carbonyl (C=O) groups excluding carboxylic acids is 2. The molecule has 0 N–H and O–H groups in total. The van der Waals surface area contributed by atoms with Crippen molar-refractivity contribution >= 4 is 23.1 Å². The summed E-state index contributed by atoms with van der Waals surface area (Å²) in [4.78, 5) is 26.2. The maximum Gasteiger partial charge on any atom is 0.310 e. The van der Waals surface area contributed by atoms with Crippen LogP contribution in [0.25, 0.3) is 0 Å². The van der Waals surface area contributed by atoms with Crippen LogP contribution in [0.1, 0.15) is 32.3 Å². The van der Waals surface area contributed by atoms with E-state index in [9.17, 15) is 9.59 Å². The van der Waals surface area contributed by atoms with Gasteiger partial charge < -0.3 is 18.9 Å². The molecule has 3 aromatic rings. The van der Waals surface area contributed by atoms with Gasteiger partial charge in [-0.25, -0.2) is 0 Å². The summed E-state index contributed by atoms with van der Waals surface area (Å²) >= 11 is 1.41. The Hall–Kier alpha value is -3.32. The monoisotopic (exact) mass is 450 g/mol. The highest BCUT2D eigenvalue weighted by Gasteiger charge is 2.52. The van der Waals surface area contributed by atoms with E-state index in [1.807, 2.05) is 53.9 Å². The third-order valence-corrected chi connectivity index (χ3v) is 7.07. The van der Waals surface area contributed by atoms with Crippen molar-refractivity contribution in [2.45, 2.75) is 12.5 Å². The first-order valence-corrected chi connectivity index (χ1v) is 11.2. The van der Waals surface area contributed by atoms with E-state index in [1.165, 1.54) is 11.3 Å². The second kappa shape index (κ2) is 8.31. The van der Waals surface area contributed by atoms with Gasteiger partial charge in [0.15, 0.2) is 17.3 Å². The minimum Gasteiger partial charge on any atom is -0.493 e. The number of carbonyl (C=O) groups is 2. The molecule has 1 fully saturated rings. The minimum absolute atomic E-state index is 0.0103. The van der Waals surface area contributed by atoms with Crippen LogP contribution in [0.15, 0.2) is 53.9 Å². The van der Waals surface area contributed by atoms with Crippen LogP contribution in [-0.2, 0) is 16.1 Å². The quantitative estimate of drug-likeness (QED) is 0.517.